The number of amides is 1. The third kappa shape index (κ3) is 9.38. The van der Waals surface area contributed by atoms with Gasteiger partial charge in [0.2, 0.25) is 5.76 Å². The molecule has 15 heteroatoms. The number of amidine groups is 1. The minimum atomic E-state index is -1.19. The molecule has 0 bridgehead atoms. The number of hydrogen-bond donors (Lipinski definition) is 1. The first-order valence-corrected chi connectivity index (χ1v) is 13.4. The molecule has 0 spiro atoms. The number of carbonyl (C=O) groups excluding carboxylic acids is 3. The van der Waals surface area contributed by atoms with Gasteiger partial charge in [-0.25, -0.2) is 14.4 Å². The highest BCUT2D eigenvalue weighted by atomic mass is 16.8. The lowest BCUT2D eigenvalue weighted by molar-refractivity contribution is -0.384. The van der Waals surface area contributed by atoms with Crippen molar-refractivity contribution >= 4 is 29.7 Å². The van der Waals surface area contributed by atoms with Gasteiger partial charge in [0.25, 0.3) is 5.69 Å². The molecule has 3 rings (SSSR count). The smallest absolute Gasteiger partial charge is 0.479 e. The maximum atomic E-state index is 12.9. The first-order chi connectivity index (χ1) is 20.0. The molecule has 236 valence electrons. The molecule has 2 heterocycles. The summed E-state index contributed by atoms with van der Waals surface area (Å²) >= 11 is 0. The van der Waals surface area contributed by atoms with Crippen LogP contribution in [0.2, 0.25) is 0 Å². The zero-order chi connectivity index (χ0) is 32.1. The van der Waals surface area contributed by atoms with E-state index >= 15 is 0 Å². The number of nitro groups is 1. The summed E-state index contributed by atoms with van der Waals surface area (Å²) in [5.74, 6) is -2.38. The molecule has 0 aliphatic carbocycles. The summed E-state index contributed by atoms with van der Waals surface area (Å²) in [7, 11) is 1.18. The summed E-state index contributed by atoms with van der Waals surface area (Å²) in [6.45, 7) is 11.8. The standard InChI is InChI=1S/C28H37N3O12/c1-15-19(29-16(2)30-25(33)43-27(3,4)5)13-20(24(32)37-8)40-22(15)23(21-14-38-28(6,7)42-21)41-26(34)39-18-11-9-17(10-12-18)31(35)36/h9-13,15,19,21-23H,14H2,1-8H3,(H,29,30,33)/t15-,19+,21+,22-,23+/m0/s1. The molecule has 15 nitrogen and oxygen atoms in total. The van der Waals surface area contributed by atoms with E-state index in [2.05, 4.69) is 10.3 Å². The summed E-state index contributed by atoms with van der Waals surface area (Å²) in [6.07, 6.45) is -3.50. The van der Waals surface area contributed by atoms with Crippen LogP contribution in [-0.4, -0.2) is 78.4 Å². The first kappa shape index (κ1) is 33.3. The van der Waals surface area contributed by atoms with Crippen LogP contribution in [-0.2, 0) is 33.2 Å². The zero-order valence-electron chi connectivity index (χ0n) is 25.3. The van der Waals surface area contributed by atoms with E-state index in [1.807, 2.05) is 0 Å². The fraction of sp³-hybridized carbons (Fsp3) is 0.571. The summed E-state index contributed by atoms with van der Waals surface area (Å²) in [6, 6.07) is 4.08. The largest absolute Gasteiger partial charge is 0.514 e. The number of methoxy groups -OCH3 is 1. The molecular weight excluding hydrogens is 570 g/mol. The maximum absolute atomic E-state index is 12.9. The minimum absolute atomic E-state index is 0.00246. The predicted molar refractivity (Wildman–Crippen MR) is 149 cm³/mol. The van der Waals surface area contributed by atoms with Crippen molar-refractivity contribution in [2.45, 2.75) is 84.2 Å². The molecule has 2 aliphatic rings. The number of esters is 1. The Morgan fingerprint density at radius 1 is 1.19 bits per heavy atom. The topological polar surface area (TPSA) is 183 Å². The Labute approximate surface area is 248 Å². The third-order valence-corrected chi connectivity index (χ3v) is 6.25. The van der Waals surface area contributed by atoms with Gasteiger partial charge in [-0.15, -0.1) is 0 Å². The van der Waals surface area contributed by atoms with Gasteiger partial charge in [-0.1, -0.05) is 6.92 Å². The number of aliphatic imine (C=N–C) groups is 1. The fourth-order valence-corrected chi connectivity index (χ4v) is 4.34. The van der Waals surface area contributed by atoms with Crippen molar-refractivity contribution in [2.75, 3.05) is 13.7 Å². The molecule has 0 unspecified atom stereocenters. The van der Waals surface area contributed by atoms with Crippen LogP contribution in [0.1, 0.15) is 48.5 Å². The van der Waals surface area contributed by atoms with Gasteiger partial charge < -0.3 is 33.2 Å². The number of carbonyl (C=O) groups is 3. The number of ether oxygens (including phenoxy) is 7. The molecule has 43 heavy (non-hydrogen) atoms. The van der Waals surface area contributed by atoms with Gasteiger partial charge in [-0.3, -0.25) is 20.4 Å². The molecule has 5 atom stereocenters. The van der Waals surface area contributed by atoms with E-state index in [-0.39, 0.29) is 29.6 Å². The van der Waals surface area contributed by atoms with Crippen LogP contribution in [0.15, 0.2) is 41.1 Å². The summed E-state index contributed by atoms with van der Waals surface area (Å²) in [5, 5.41) is 13.5. The van der Waals surface area contributed by atoms with Crippen LogP contribution in [0, 0.1) is 16.0 Å². The van der Waals surface area contributed by atoms with Gasteiger partial charge >= 0.3 is 18.2 Å². The van der Waals surface area contributed by atoms with Crippen LogP contribution in [0.4, 0.5) is 15.3 Å². The first-order valence-electron chi connectivity index (χ1n) is 13.4. The number of nitrogens with zero attached hydrogens (tertiary/aromatic N) is 2. The van der Waals surface area contributed by atoms with Crippen LogP contribution in [0.5, 0.6) is 5.75 Å². The van der Waals surface area contributed by atoms with Crippen molar-refractivity contribution in [3.8, 4) is 5.75 Å². The second-order valence-electron chi connectivity index (χ2n) is 11.3. The number of nitrogens with one attached hydrogen (secondary N) is 1. The normalized spacial score (nSPS) is 24.1. The highest BCUT2D eigenvalue weighted by Gasteiger charge is 2.49. The second-order valence-corrected chi connectivity index (χ2v) is 11.3. The Hall–Kier alpha value is -4.24. The van der Waals surface area contributed by atoms with Crippen LogP contribution in [0.3, 0.4) is 0 Å². The number of rotatable bonds is 7. The number of nitro benzene ring substituents is 1. The molecule has 1 aromatic rings. The second kappa shape index (κ2) is 13.4. The molecule has 2 aliphatic heterocycles. The number of hydrogen-bond acceptors (Lipinski definition) is 13. The molecule has 1 fully saturated rings. The molecule has 1 aromatic carbocycles. The van der Waals surface area contributed by atoms with E-state index in [0.717, 1.165) is 0 Å². The van der Waals surface area contributed by atoms with E-state index in [1.54, 1.807) is 48.5 Å². The van der Waals surface area contributed by atoms with E-state index in [4.69, 9.17) is 33.2 Å². The van der Waals surface area contributed by atoms with Gasteiger partial charge in [0, 0.05) is 18.1 Å². The van der Waals surface area contributed by atoms with Crippen molar-refractivity contribution in [3.63, 3.8) is 0 Å². The highest BCUT2D eigenvalue weighted by molar-refractivity contribution is 5.94. The van der Waals surface area contributed by atoms with Crippen molar-refractivity contribution in [3.05, 3.63) is 46.2 Å². The van der Waals surface area contributed by atoms with Crippen LogP contribution < -0.4 is 10.1 Å². The Balaban J connectivity index is 1.90. The average molecular weight is 608 g/mol. The molecule has 1 N–H and O–H groups in total. The third-order valence-electron chi connectivity index (χ3n) is 6.25. The van der Waals surface area contributed by atoms with E-state index in [0.29, 0.717) is 0 Å². The summed E-state index contributed by atoms with van der Waals surface area (Å²) in [5.41, 5.74) is -0.920. The fourth-order valence-electron chi connectivity index (χ4n) is 4.34. The molecule has 1 amide bonds. The van der Waals surface area contributed by atoms with Crippen LogP contribution in [0.25, 0.3) is 0 Å². The summed E-state index contributed by atoms with van der Waals surface area (Å²) in [4.78, 5) is 52.7. The Kier molecular flexibility index (Phi) is 10.3. The predicted octanol–water partition coefficient (Wildman–Crippen LogP) is 4.03. The Morgan fingerprint density at radius 3 is 2.37 bits per heavy atom. The quantitative estimate of drug-likeness (QED) is 0.0894. The van der Waals surface area contributed by atoms with Crippen molar-refractivity contribution in [1.82, 2.24) is 5.32 Å². The van der Waals surface area contributed by atoms with Crippen molar-refractivity contribution in [1.29, 1.82) is 0 Å². The molecule has 0 radical (unpaired) electrons. The van der Waals surface area contributed by atoms with Crippen molar-refractivity contribution in [2.24, 2.45) is 10.9 Å². The van der Waals surface area contributed by atoms with Gasteiger partial charge in [0.15, 0.2) is 11.9 Å². The minimum Gasteiger partial charge on any atom is -0.479 e. The SMILES string of the molecule is COC(=O)C1=C[C@@H](N=C(C)NC(=O)OC(C)(C)C)[C@H](C)[C@@H]([C@H](OC(=O)Oc2ccc([N+](=O)[O-])cc2)[C@H]2COC(C)(C)O2)O1. The monoisotopic (exact) mass is 607 g/mol. The van der Waals surface area contributed by atoms with E-state index in [9.17, 15) is 24.5 Å². The Bertz CT molecular complexity index is 1270. The molecule has 1 saturated heterocycles. The Morgan fingerprint density at radius 2 is 1.84 bits per heavy atom. The van der Waals surface area contributed by atoms with Crippen LogP contribution >= 0.6 is 0 Å². The average Bonchev–Trinajstić information content (AvgIpc) is 3.26. The zero-order valence-corrected chi connectivity index (χ0v) is 25.3. The molecule has 0 saturated carbocycles. The van der Waals surface area contributed by atoms with E-state index in [1.165, 1.54) is 37.5 Å². The summed E-state index contributed by atoms with van der Waals surface area (Å²) < 4.78 is 38.8. The maximum Gasteiger partial charge on any atom is 0.514 e. The van der Waals surface area contributed by atoms with E-state index < -0.39 is 64.8 Å². The lowest BCUT2D eigenvalue weighted by Gasteiger charge is -2.38. The lowest BCUT2D eigenvalue weighted by Crippen LogP contribution is -2.51. The molecular formula is C28H37N3O12. The number of alkyl carbamates (subject to hydrolysis) is 1. The number of benzene rings is 1. The number of non-ortho nitro benzene ring substituents is 1. The highest BCUT2D eigenvalue weighted by Crippen LogP contribution is 2.35. The van der Waals surface area contributed by atoms with Gasteiger partial charge in [0.1, 0.15) is 29.4 Å². The van der Waals surface area contributed by atoms with Crippen molar-refractivity contribution < 1.29 is 52.5 Å². The van der Waals surface area contributed by atoms with Gasteiger partial charge in [0.05, 0.1) is 24.7 Å². The molecule has 0 aromatic heterocycles. The lowest BCUT2D eigenvalue weighted by atomic mass is 9.87. The van der Waals surface area contributed by atoms with Gasteiger partial charge in [-0.2, -0.15) is 0 Å². The van der Waals surface area contributed by atoms with Gasteiger partial charge in [-0.05, 0) is 59.8 Å².